The van der Waals surface area contributed by atoms with E-state index in [9.17, 15) is 0 Å². The summed E-state index contributed by atoms with van der Waals surface area (Å²) in [5.74, 6) is 0. The average Bonchev–Trinajstić information content (AvgIpc) is 2.26. The van der Waals surface area contributed by atoms with Crippen molar-refractivity contribution >= 4 is 28.5 Å². The molecule has 0 saturated carbocycles. The van der Waals surface area contributed by atoms with Crippen molar-refractivity contribution in [2.75, 3.05) is 0 Å². The van der Waals surface area contributed by atoms with Gasteiger partial charge in [0.25, 0.3) is 0 Å². The second-order valence-electron chi connectivity index (χ2n) is 5.10. The Bertz CT molecular complexity index is 512. The van der Waals surface area contributed by atoms with E-state index in [0.29, 0.717) is 5.46 Å². The third-order valence-electron chi connectivity index (χ3n) is 2.73. The normalized spacial score (nSPS) is 9.75. The van der Waals surface area contributed by atoms with E-state index in [1.54, 1.807) is 12.1 Å². The number of halogens is 1. The lowest BCUT2D eigenvalue weighted by atomic mass is 9.79. The summed E-state index contributed by atoms with van der Waals surface area (Å²) in [4.78, 5) is 0. The highest BCUT2D eigenvalue weighted by Gasteiger charge is 2.10. The van der Waals surface area contributed by atoms with Gasteiger partial charge in [-0.25, -0.2) is 0 Å². The molecule has 0 aliphatic rings. The van der Waals surface area contributed by atoms with Gasteiger partial charge in [-0.05, 0) is 56.4 Å². The smallest absolute Gasteiger partial charge is 0.423 e. The Balaban J connectivity index is 0.000000204. The molecule has 0 radical (unpaired) electrons. The first-order valence-corrected chi connectivity index (χ1v) is 7.25. The number of hydrogen-bond acceptors (Lipinski definition) is 2. The second-order valence-corrected chi connectivity index (χ2v) is 6.02. The zero-order valence-electron chi connectivity index (χ0n) is 12.3. The van der Waals surface area contributed by atoms with Crippen LogP contribution in [0.25, 0.3) is 0 Å². The minimum absolute atomic E-state index is 0.558. The van der Waals surface area contributed by atoms with E-state index < -0.39 is 7.12 Å². The van der Waals surface area contributed by atoms with Crippen molar-refractivity contribution in [1.29, 1.82) is 0 Å². The van der Waals surface area contributed by atoms with Crippen LogP contribution in [-0.4, -0.2) is 17.2 Å². The van der Waals surface area contributed by atoms with Crippen LogP contribution < -0.4 is 5.46 Å². The van der Waals surface area contributed by atoms with Crippen LogP contribution in [-0.2, 0) is 0 Å². The molecule has 0 aromatic heterocycles. The van der Waals surface area contributed by atoms with E-state index in [0.717, 1.165) is 11.1 Å². The highest BCUT2D eigenvalue weighted by molar-refractivity contribution is 9.10. The zero-order chi connectivity index (χ0) is 15.3. The molecule has 0 aliphatic heterocycles. The highest BCUT2D eigenvalue weighted by atomic mass is 79.9. The monoisotopic (exact) mass is 334 g/mol. The lowest BCUT2D eigenvalue weighted by Crippen LogP contribution is -2.30. The maximum atomic E-state index is 8.83. The van der Waals surface area contributed by atoms with Gasteiger partial charge in [0.1, 0.15) is 0 Å². The minimum atomic E-state index is -1.35. The van der Waals surface area contributed by atoms with E-state index in [1.807, 2.05) is 19.9 Å². The van der Waals surface area contributed by atoms with E-state index in [1.165, 1.54) is 15.6 Å². The molecule has 0 atom stereocenters. The molecule has 4 heteroatoms. The first kappa shape index (κ1) is 17.0. The molecule has 0 saturated heterocycles. The maximum Gasteiger partial charge on any atom is 0.488 e. The van der Waals surface area contributed by atoms with Gasteiger partial charge in [-0.1, -0.05) is 51.3 Å². The first-order valence-electron chi connectivity index (χ1n) is 6.46. The fourth-order valence-corrected chi connectivity index (χ4v) is 2.80. The molecular formula is C16H20BBrO2. The molecule has 0 fully saturated rings. The molecule has 2 aromatic rings. The van der Waals surface area contributed by atoms with Gasteiger partial charge in [0.15, 0.2) is 0 Å². The van der Waals surface area contributed by atoms with Crippen molar-refractivity contribution in [2.24, 2.45) is 0 Å². The van der Waals surface area contributed by atoms with E-state index in [4.69, 9.17) is 10.0 Å². The van der Waals surface area contributed by atoms with Gasteiger partial charge < -0.3 is 10.0 Å². The Kier molecular flexibility index (Phi) is 6.47. The van der Waals surface area contributed by atoms with Gasteiger partial charge in [-0.2, -0.15) is 0 Å². The van der Waals surface area contributed by atoms with Gasteiger partial charge in [-0.15, -0.1) is 0 Å². The van der Waals surface area contributed by atoms with Crippen LogP contribution in [0.4, 0.5) is 0 Å². The van der Waals surface area contributed by atoms with Crippen molar-refractivity contribution in [3.8, 4) is 0 Å². The summed E-state index contributed by atoms with van der Waals surface area (Å²) >= 11 is 3.41. The Morgan fingerprint density at radius 3 is 1.35 bits per heavy atom. The molecule has 0 amide bonds. The predicted octanol–water partition coefficient (Wildman–Crippen LogP) is 3.05. The summed E-state index contributed by atoms with van der Waals surface area (Å²) in [5.41, 5.74) is 5.27. The van der Waals surface area contributed by atoms with Crippen LogP contribution in [0.3, 0.4) is 0 Å². The maximum absolute atomic E-state index is 8.83. The standard InChI is InChI=1S/C8H11BO2.C8H9Br/c1-6-3-7(2)5-8(4-6)9(10)11;1-6-3-7(2)5-8(9)4-6/h3-5,10-11H,1-2H3;3-5H,1-2H3. The molecule has 2 nitrogen and oxygen atoms in total. The van der Waals surface area contributed by atoms with Crippen molar-refractivity contribution in [1.82, 2.24) is 0 Å². The Morgan fingerprint density at radius 1 is 0.700 bits per heavy atom. The molecule has 106 valence electrons. The van der Waals surface area contributed by atoms with Crippen molar-refractivity contribution in [3.05, 3.63) is 63.1 Å². The SMILES string of the molecule is Cc1cc(C)cc(B(O)O)c1.Cc1cc(C)cc(Br)c1. The quantitative estimate of drug-likeness (QED) is 0.787. The average molecular weight is 335 g/mol. The first-order chi connectivity index (χ1) is 9.27. The van der Waals surface area contributed by atoms with E-state index in [2.05, 4.69) is 48.0 Å². The molecule has 2 aromatic carbocycles. The fraction of sp³-hybridized carbons (Fsp3) is 0.250. The molecule has 2 N–H and O–H groups in total. The molecule has 0 spiro atoms. The highest BCUT2D eigenvalue weighted by Crippen LogP contribution is 2.13. The van der Waals surface area contributed by atoms with Gasteiger partial charge in [-0.3, -0.25) is 0 Å². The van der Waals surface area contributed by atoms with Crippen molar-refractivity contribution < 1.29 is 10.0 Å². The summed E-state index contributed by atoms with van der Waals surface area (Å²) in [6.45, 7) is 8.05. The Labute approximate surface area is 129 Å². The lowest BCUT2D eigenvalue weighted by molar-refractivity contribution is 0.425. The predicted molar refractivity (Wildman–Crippen MR) is 89.4 cm³/mol. The van der Waals surface area contributed by atoms with Gasteiger partial charge in [0, 0.05) is 4.47 Å². The van der Waals surface area contributed by atoms with Crippen molar-refractivity contribution in [3.63, 3.8) is 0 Å². The minimum Gasteiger partial charge on any atom is -0.423 e. The lowest BCUT2D eigenvalue weighted by Gasteiger charge is -2.02. The second kappa shape index (κ2) is 7.62. The number of benzene rings is 2. The van der Waals surface area contributed by atoms with Gasteiger partial charge >= 0.3 is 7.12 Å². The molecule has 0 unspecified atom stereocenters. The summed E-state index contributed by atoms with van der Waals surface area (Å²) in [6.07, 6.45) is 0. The zero-order valence-corrected chi connectivity index (χ0v) is 13.9. The summed E-state index contributed by atoms with van der Waals surface area (Å²) in [5, 5.41) is 17.7. The topological polar surface area (TPSA) is 40.5 Å². The Morgan fingerprint density at radius 2 is 1.05 bits per heavy atom. The van der Waals surface area contributed by atoms with Crippen LogP contribution in [0.15, 0.2) is 40.9 Å². The van der Waals surface area contributed by atoms with Crippen LogP contribution >= 0.6 is 15.9 Å². The molecule has 0 aliphatic carbocycles. The number of rotatable bonds is 1. The van der Waals surface area contributed by atoms with E-state index >= 15 is 0 Å². The third-order valence-corrected chi connectivity index (χ3v) is 3.19. The van der Waals surface area contributed by atoms with Gasteiger partial charge in [0.05, 0.1) is 0 Å². The summed E-state index contributed by atoms with van der Waals surface area (Å²) in [6, 6.07) is 11.9. The molecule has 0 bridgehead atoms. The summed E-state index contributed by atoms with van der Waals surface area (Å²) in [7, 11) is -1.35. The largest absolute Gasteiger partial charge is 0.488 e. The molecule has 20 heavy (non-hydrogen) atoms. The third kappa shape index (κ3) is 5.91. The summed E-state index contributed by atoms with van der Waals surface area (Å²) < 4.78 is 1.17. The van der Waals surface area contributed by atoms with Gasteiger partial charge in [0.2, 0.25) is 0 Å². The molecule has 2 rings (SSSR count). The number of hydrogen-bond donors (Lipinski definition) is 2. The van der Waals surface area contributed by atoms with Crippen LogP contribution in [0, 0.1) is 27.7 Å². The number of aryl methyl sites for hydroxylation is 4. The van der Waals surface area contributed by atoms with Crippen LogP contribution in [0.5, 0.6) is 0 Å². The van der Waals surface area contributed by atoms with Crippen LogP contribution in [0.1, 0.15) is 22.3 Å². The Hall–Kier alpha value is -1.10. The van der Waals surface area contributed by atoms with Crippen LogP contribution in [0.2, 0.25) is 0 Å². The molecule has 0 heterocycles. The van der Waals surface area contributed by atoms with E-state index in [-0.39, 0.29) is 0 Å². The fourth-order valence-electron chi connectivity index (χ4n) is 2.08. The molecular weight excluding hydrogens is 315 g/mol. The van der Waals surface area contributed by atoms with Crippen molar-refractivity contribution in [2.45, 2.75) is 27.7 Å².